The van der Waals surface area contributed by atoms with Crippen molar-refractivity contribution in [1.82, 2.24) is 9.80 Å². The molecule has 0 spiro atoms. The molecule has 2 amide bonds. The average molecular weight is 290 g/mol. The Kier molecular flexibility index (Phi) is 5.20. The van der Waals surface area contributed by atoms with Crippen molar-refractivity contribution in [3.8, 4) is 0 Å². The van der Waals surface area contributed by atoms with Crippen LogP contribution in [0.15, 0.2) is 30.3 Å². The fraction of sp³-hybridized carbons (Fsp3) is 0.500. The SMILES string of the molecule is CN(CCc1ccccc1)C(=O)N1CCC(CC(=O)O)C1. The monoisotopic (exact) mass is 290 g/mol. The first-order valence-corrected chi connectivity index (χ1v) is 7.32. The van der Waals surface area contributed by atoms with Crippen LogP contribution in [0.3, 0.4) is 0 Å². The summed E-state index contributed by atoms with van der Waals surface area (Å²) in [5, 5.41) is 8.80. The molecule has 2 rings (SSSR count). The zero-order chi connectivity index (χ0) is 15.2. The molecule has 1 atom stereocenters. The van der Waals surface area contributed by atoms with Crippen molar-refractivity contribution < 1.29 is 14.7 Å². The molecule has 1 unspecified atom stereocenters. The first-order valence-electron chi connectivity index (χ1n) is 7.32. The quantitative estimate of drug-likeness (QED) is 0.903. The van der Waals surface area contributed by atoms with E-state index in [9.17, 15) is 9.59 Å². The molecule has 5 nitrogen and oxygen atoms in total. The van der Waals surface area contributed by atoms with Crippen LogP contribution in [0.1, 0.15) is 18.4 Å². The Hall–Kier alpha value is -2.04. The number of nitrogens with zero attached hydrogens (tertiary/aromatic N) is 2. The number of carboxylic acids is 1. The van der Waals surface area contributed by atoms with E-state index in [4.69, 9.17) is 5.11 Å². The topological polar surface area (TPSA) is 60.9 Å². The van der Waals surface area contributed by atoms with E-state index in [1.807, 2.05) is 18.2 Å². The molecule has 1 heterocycles. The lowest BCUT2D eigenvalue weighted by Crippen LogP contribution is -2.40. The van der Waals surface area contributed by atoms with Crippen molar-refractivity contribution in [3.05, 3.63) is 35.9 Å². The molecule has 5 heteroatoms. The number of amides is 2. The second-order valence-corrected chi connectivity index (χ2v) is 5.64. The molecule has 1 N–H and O–H groups in total. The fourth-order valence-electron chi connectivity index (χ4n) is 2.70. The molecule has 1 aliphatic heterocycles. The van der Waals surface area contributed by atoms with Crippen molar-refractivity contribution in [1.29, 1.82) is 0 Å². The molecule has 114 valence electrons. The minimum absolute atomic E-state index is 0.00109. The maximum atomic E-state index is 12.3. The van der Waals surface area contributed by atoms with Crippen molar-refractivity contribution in [3.63, 3.8) is 0 Å². The Morgan fingerprint density at radius 3 is 2.71 bits per heavy atom. The standard InChI is InChI=1S/C16H22N2O3/c1-17(9-7-13-5-3-2-4-6-13)16(21)18-10-8-14(12-18)11-15(19)20/h2-6,14H,7-12H2,1H3,(H,19,20). The Bertz CT molecular complexity index is 490. The molecule has 0 bridgehead atoms. The van der Waals surface area contributed by atoms with Gasteiger partial charge in [-0.1, -0.05) is 30.3 Å². The minimum atomic E-state index is -0.785. The lowest BCUT2D eigenvalue weighted by Gasteiger charge is -2.24. The van der Waals surface area contributed by atoms with Crippen LogP contribution in [-0.2, 0) is 11.2 Å². The number of benzene rings is 1. The first kappa shape index (κ1) is 15.4. The van der Waals surface area contributed by atoms with Crippen molar-refractivity contribution in [2.75, 3.05) is 26.7 Å². The summed E-state index contributed by atoms with van der Waals surface area (Å²) in [6.45, 7) is 1.89. The molecular weight excluding hydrogens is 268 g/mol. The number of urea groups is 1. The van der Waals surface area contributed by atoms with Crippen molar-refractivity contribution >= 4 is 12.0 Å². The van der Waals surface area contributed by atoms with Gasteiger partial charge < -0.3 is 14.9 Å². The smallest absolute Gasteiger partial charge is 0.319 e. The molecule has 0 aliphatic carbocycles. The number of aliphatic carboxylic acids is 1. The predicted octanol–water partition coefficient (Wildman–Crippen LogP) is 2.08. The van der Waals surface area contributed by atoms with Gasteiger partial charge in [-0.05, 0) is 24.3 Å². The van der Waals surface area contributed by atoms with Crippen molar-refractivity contribution in [2.45, 2.75) is 19.3 Å². The normalized spacial score (nSPS) is 17.8. The van der Waals surface area contributed by atoms with Gasteiger partial charge in [0.2, 0.25) is 0 Å². The second-order valence-electron chi connectivity index (χ2n) is 5.64. The Morgan fingerprint density at radius 2 is 2.05 bits per heavy atom. The van der Waals surface area contributed by atoms with Crippen LogP contribution in [-0.4, -0.2) is 53.6 Å². The number of rotatable bonds is 5. The van der Waals surface area contributed by atoms with E-state index in [1.165, 1.54) is 5.56 Å². The first-order chi connectivity index (χ1) is 10.1. The third kappa shape index (κ3) is 4.48. The summed E-state index contributed by atoms with van der Waals surface area (Å²) in [7, 11) is 1.80. The summed E-state index contributed by atoms with van der Waals surface area (Å²) < 4.78 is 0. The number of carbonyl (C=O) groups is 2. The Labute approximate surface area is 125 Å². The summed E-state index contributed by atoms with van der Waals surface area (Å²) >= 11 is 0. The van der Waals surface area contributed by atoms with Gasteiger partial charge in [0.05, 0.1) is 0 Å². The van der Waals surface area contributed by atoms with Gasteiger partial charge in [0.15, 0.2) is 0 Å². The molecule has 1 saturated heterocycles. The summed E-state index contributed by atoms with van der Waals surface area (Å²) in [6, 6.07) is 10.1. The van der Waals surface area contributed by atoms with Crippen LogP contribution < -0.4 is 0 Å². The van der Waals surface area contributed by atoms with Gasteiger partial charge in [0, 0.05) is 33.1 Å². The Balaban J connectivity index is 1.79. The number of likely N-dealkylation sites (tertiary alicyclic amines) is 1. The van der Waals surface area contributed by atoms with E-state index in [0.29, 0.717) is 19.6 Å². The lowest BCUT2D eigenvalue weighted by molar-refractivity contribution is -0.138. The van der Waals surface area contributed by atoms with E-state index < -0.39 is 5.97 Å². The molecule has 1 aromatic rings. The van der Waals surface area contributed by atoms with Crippen LogP contribution in [0.2, 0.25) is 0 Å². The average Bonchev–Trinajstić information content (AvgIpc) is 2.92. The van der Waals surface area contributed by atoms with Gasteiger partial charge >= 0.3 is 12.0 Å². The van der Waals surface area contributed by atoms with Gasteiger partial charge in [-0.3, -0.25) is 4.79 Å². The molecule has 1 aliphatic rings. The number of hydrogen-bond donors (Lipinski definition) is 1. The zero-order valence-corrected chi connectivity index (χ0v) is 12.4. The van der Waals surface area contributed by atoms with Gasteiger partial charge in [-0.2, -0.15) is 0 Å². The minimum Gasteiger partial charge on any atom is -0.481 e. The van der Waals surface area contributed by atoms with E-state index >= 15 is 0 Å². The van der Waals surface area contributed by atoms with Crippen LogP contribution in [0.5, 0.6) is 0 Å². The molecule has 0 saturated carbocycles. The zero-order valence-electron chi connectivity index (χ0n) is 12.4. The second kappa shape index (κ2) is 7.11. The molecule has 1 fully saturated rings. The molecule has 0 aromatic heterocycles. The van der Waals surface area contributed by atoms with Crippen molar-refractivity contribution in [2.24, 2.45) is 5.92 Å². The fourth-order valence-corrected chi connectivity index (χ4v) is 2.70. The largest absolute Gasteiger partial charge is 0.481 e. The number of hydrogen-bond acceptors (Lipinski definition) is 2. The molecule has 21 heavy (non-hydrogen) atoms. The summed E-state index contributed by atoms with van der Waals surface area (Å²) in [4.78, 5) is 26.5. The van der Waals surface area contributed by atoms with Gasteiger partial charge in [-0.15, -0.1) is 0 Å². The van der Waals surface area contributed by atoms with Gasteiger partial charge in [0.25, 0.3) is 0 Å². The summed E-state index contributed by atoms with van der Waals surface area (Å²) in [5.41, 5.74) is 1.21. The molecule has 1 aromatic carbocycles. The third-order valence-corrected chi connectivity index (χ3v) is 3.92. The van der Waals surface area contributed by atoms with Crippen LogP contribution in [0.4, 0.5) is 4.79 Å². The summed E-state index contributed by atoms with van der Waals surface area (Å²) in [5.74, 6) is -0.694. The highest BCUT2D eigenvalue weighted by Gasteiger charge is 2.29. The number of carboxylic acid groups (broad SMARTS) is 1. The highest BCUT2D eigenvalue weighted by atomic mass is 16.4. The van der Waals surface area contributed by atoms with E-state index in [-0.39, 0.29) is 18.4 Å². The lowest BCUT2D eigenvalue weighted by atomic mass is 10.1. The maximum absolute atomic E-state index is 12.3. The number of likely N-dealkylation sites (N-methyl/N-ethyl adjacent to an activating group) is 1. The van der Waals surface area contributed by atoms with E-state index in [0.717, 1.165) is 12.8 Å². The van der Waals surface area contributed by atoms with Crippen LogP contribution in [0.25, 0.3) is 0 Å². The highest BCUT2D eigenvalue weighted by Crippen LogP contribution is 2.20. The Morgan fingerprint density at radius 1 is 1.33 bits per heavy atom. The molecule has 0 radical (unpaired) electrons. The van der Waals surface area contributed by atoms with E-state index in [2.05, 4.69) is 12.1 Å². The van der Waals surface area contributed by atoms with E-state index in [1.54, 1.807) is 16.8 Å². The van der Waals surface area contributed by atoms with Crippen LogP contribution in [0, 0.1) is 5.92 Å². The highest BCUT2D eigenvalue weighted by molar-refractivity contribution is 5.74. The van der Waals surface area contributed by atoms with Gasteiger partial charge in [0.1, 0.15) is 0 Å². The van der Waals surface area contributed by atoms with Crippen LogP contribution >= 0.6 is 0 Å². The maximum Gasteiger partial charge on any atom is 0.319 e. The molecular formula is C16H22N2O3. The number of carbonyl (C=O) groups excluding carboxylic acids is 1. The summed E-state index contributed by atoms with van der Waals surface area (Å²) in [6.07, 6.45) is 1.76. The van der Waals surface area contributed by atoms with Gasteiger partial charge in [-0.25, -0.2) is 4.79 Å². The predicted molar refractivity (Wildman–Crippen MR) is 80.1 cm³/mol. The third-order valence-electron chi connectivity index (χ3n) is 3.92.